The number of nitrogens with zero attached hydrogens (tertiary/aromatic N) is 4. The number of urea groups is 1. The van der Waals surface area contributed by atoms with Crippen LogP contribution >= 0.6 is 22.9 Å². The Morgan fingerprint density at radius 3 is 2.57 bits per heavy atom. The molecule has 13 heteroatoms. The Morgan fingerprint density at radius 2 is 1.86 bits per heavy atom. The van der Waals surface area contributed by atoms with Gasteiger partial charge in [-0.3, -0.25) is 19.2 Å². The number of carbonyl (C=O) groups excluding carboxylic acids is 2. The summed E-state index contributed by atoms with van der Waals surface area (Å²) in [6, 6.07) is 13.7. The number of rotatable bonds is 6. The van der Waals surface area contributed by atoms with Crippen LogP contribution in [0, 0.1) is 0 Å². The maximum absolute atomic E-state index is 12.4. The predicted octanol–water partition coefficient (Wildman–Crippen LogP) is 1.85. The van der Waals surface area contributed by atoms with Crippen LogP contribution in [-0.4, -0.2) is 54.1 Å². The average Bonchev–Trinajstić information content (AvgIpc) is 3.56. The number of amides is 3. The summed E-state index contributed by atoms with van der Waals surface area (Å²) >= 11 is 7.15. The van der Waals surface area contributed by atoms with Gasteiger partial charge in [0.05, 0.1) is 38.5 Å². The number of hydrogen-bond donors (Lipinski definition) is 4. The molecule has 1 aromatic carbocycles. The molecule has 192 valence electrons. The van der Waals surface area contributed by atoms with E-state index < -0.39 is 6.03 Å². The molecule has 0 aliphatic carbocycles. The van der Waals surface area contributed by atoms with E-state index in [4.69, 9.17) is 17.3 Å². The van der Waals surface area contributed by atoms with Crippen molar-refractivity contribution in [3.05, 3.63) is 86.2 Å². The third-order valence-electron chi connectivity index (χ3n) is 6.11. The minimum absolute atomic E-state index is 0.134. The van der Waals surface area contributed by atoms with Crippen LogP contribution in [0.25, 0.3) is 5.69 Å². The zero-order valence-electron chi connectivity index (χ0n) is 19.7. The lowest BCUT2D eigenvalue weighted by atomic mass is 10.1. The van der Waals surface area contributed by atoms with Crippen molar-refractivity contribution in [2.24, 2.45) is 5.73 Å². The Kier molecular flexibility index (Phi) is 7.04. The van der Waals surface area contributed by atoms with Gasteiger partial charge in [0.1, 0.15) is 0 Å². The molecule has 2 aliphatic rings. The van der Waals surface area contributed by atoms with Crippen LogP contribution in [0.5, 0.6) is 0 Å². The lowest BCUT2D eigenvalue weighted by molar-refractivity contribution is 0.0960. The molecule has 0 atom stereocenters. The first kappa shape index (κ1) is 24.7. The van der Waals surface area contributed by atoms with Gasteiger partial charge in [0.2, 0.25) is 0 Å². The molecule has 0 unspecified atom stereocenters. The molecule has 0 radical (unpaired) electrons. The fraction of sp³-hybridized carbons (Fsp3) is 0.208. The number of thiophene rings is 1. The number of benzene rings is 1. The quantitative estimate of drug-likeness (QED) is 0.376. The Morgan fingerprint density at radius 1 is 1.05 bits per heavy atom. The molecular weight excluding hydrogens is 516 g/mol. The molecule has 0 bridgehead atoms. The zero-order chi connectivity index (χ0) is 25.9. The van der Waals surface area contributed by atoms with Crippen molar-refractivity contribution < 1.29 is 9.59 Å². The molecule has 2 aliphatic heterocycles. The van der Waals surface area contributed by atoms with E-state index in [1.165, 1.54) is 17.4 Å². The van der Waals surface area contributed by atoms with Gasteiger partial charge >= 0.3 is 6.03 Å². The summed E-state index contributed by atoms with van der Waals surface area (Å²) in [5, 5.41) is 4.69. The number of nitrogens with two attached hydrogens (primary N) is 1. The minimum Gasteiger partial charge on any atom is -0.366 e. The summed E-state index contributed by atoms with van der Waals surface area (Å²) in [4.78, 5) is 40.7. The normalized spacial score (nSPS) is 15.4. The highest BCUT2D eigenvalue weighted by Crippen LogP contribution is 2.33. The van der Waals surface area contributed by atoms with Crippen LogP contribution < -0.4 is 37.5 Å². The van der Waals surface area contributed by atoms with Crippen molar-refractivity contribution in [1.29, 1.82) is 0 Å². The summed E-state index contributed by atoms with van der Waals surface area (Å²) < 4.78 is 2.14. The highest BCUT2D eigenvalue weighted by molar-refractivity contribution is 7.18. The molecule has 3 aromatic rings. The maximum atomic E-state index is 12.4. The molecule has 1 saturated heterocycles. The van der Waals surface area contributed by atoms with Gasteiger partial charge in [0.15, 0.2) is 0 Å². The van der Waals surface area contributed by atoms with Crippen LogP contribution in [0.3, 0.4) is 0 Å². The first-order chi connectivity index (χ1) is 17.9. The van der Waals surface area contributed by atoms with Gasteiger partial charge in [-0.25, -0.2) is 4.79 Å². The van der Waals surface area contributed by atoms with Crippen LogP contribution in [-0.2, 0) is 0 Å². The van der Waals surface area contributed by atoms with Gasteiger partial charge in [-0.1, -0.05) is 17.7 Å². The first-order valence-corrected chi connectivity index (χ1v) is 12.7. The largest absolute Gasteiger partial charge is 0.366 e. The number of hydrazine groups is 2. The smallest absolute Gasteiger partial charge is 0.314 e. The van der Waals surface area contributed by atoms with E-state index in [-0.39, 0.29) is 18.0 Å². The lowest BCUT2D eigenvalue weighted by Gasteiger charge is -2.37. The van der Waals surface area contributed by atoms with E-state index in [1.54, 1.807) is 39.9 Å². The number of halogens is 1. The Balaban J connectivity index is 1.39. The molecule has 0 spiro atoms. The molecule has 4 heterocycles. The molecule has 0 saturated carbocycles. The number of carbonyl (C=O) groups is 2. The molecule has 1 fully saturated rings. The molecule has 3 amide bonds. The van der Waals surface area contributed by atoms with Crippen LogP contribution in [0.4, 0.5) is 16.2 Å². The standard InChI is InChI=1S/C24H25ClN8O3S/c25-21-7-6-20(37-21)23(35)27-14-16-15-33(29-28-16)18-5-4-17(32-8-2-1-3-22(32)34)13-19(18)30-9-11-31(12-10-30)24(26)36/h1-8,13,15,28-29H,9-12,14H2,(H2,26,36)(H,27,35). The number of pyridine rings is 1. The van der Waals surface area contributed by atoms with Crippen molar-refractivity contribution in [3.8, 4) is 5.69 Å². The van der Waals surface area contributed by atoms with E-state index in [2.05, 4.69) is 21.2 Å². The number of primary amides is 1. The second-order valence-electron chi connectivity index (χ2n) is 8.44. The van der Waals surface area contributed by atoms with E-state index in [0.29, 0.717) is 35.4 Å². The summed E-state index contributed by atoms with van der Waals surface area (Å²) in [6.45, 7) is 2.44. The number of nitrogens with one attached hydrogen (secondary N) is 3. The summed E-state index contributed by atoms with van der Waals surface area (Å²) in [7, 11) is 0. The predicted molar refractivity (Wildman–Crippen MR) is 144 cm³/mol. The third kappa shape index (κ3) is 5.40. The Bertz CT molecular complexity index is 1410. The van der Waals surface area contributed by atoms with E-state index in [0.717, 1.165) is 22.8 Å². The van der Waals surface area contributed by atoms with Gasteiger partial charge in [-0.2, -0.15) is 0 Å². The molecule has 5 N–H and O–H groups in total. The van der Waals surface area contributed by atoms with E-state index in [1.807, 2.05) is 29.4 Å². The minimum atomic E-state index is -0.436. The number of piperazine rings is 1. The third-order valence-corrected chi connectivity index (χ3v) is 7.34. The van der Waals surface area contributed by atoms with Crippen molar-refractivity contribution >= 4 is 46.3 Å². The van der Waals surface area contributed by atoms with E-state index >= 15 is 0 Å². The molecule has 2 aromatic heterocycles. The number of hydrogen-bond acceptors (Lipinski definition) is 8. The Hall–Kier alpha value is -4.00. The van der Waals surface area contributed by atoms with Crippen molar-refractivity contribution in [3.63, 3.8) is 0 Å². The highest BCUT2D eigenvalue weighted by atomic mass is 35.5. The fourth-order valence-electron chi connectivity index (χ4n) is 4.20. The molecule has 11 nitrogen and oxygen atoms in total. The second kappa shape index (κ2) is 10.5. The summed E-state index contributed by atoms with van der Waals surface area (Å²) in [5.74, 6) is -0.205. The summed E-state index contributed by atoms with van der Waals surface area (Å²) in [5.41, 5.74) is 14.7. The first-order valence-electron chi connectivity index (χ1n) is 11.6. The van der Waals surface area contributed by atoms with Crippen molar-refractivity contribution in [1.82, 2.24) is 25.7 Å². The van der Waals surface area contributed by atoms with Crippen LogP contribution in [0.2, 0.25) is 4.34 Å². The Labute approximate surface area is 221 Å². The number of aromatic nitrogens is 1. The highest BCUT2D eigenvalue weighted by Gasteiger charge is 2.25. The van der Waals surface area contributed by atoms with Gasteiger partial charge < -0.3 is 26.3 Å². The van der Waals surface area contributed by atoms with Crippen molar-refractivity contribution in [2.45, 2.75) is 0 Å². The second-order valence-corrected chi connectivity index (χ2v) is 10.2. The van der Waals surface area contributed by atoms with E-state index in [9.17, 15) is 14.4 Å². The monoisotopic (exact) mass is 540 g/mol. The SMILES string of the molecule is NC(=O)N1CCN(c2cc(-n3ccccc3=O)ccc2N2C=C(CNC(=O)c3ccc(Cl)s3)NN2)CC1. The van der Waals surface area contributed by atoms with Crippen LogP contribution in [0.15, 0.2) is 71.4 Å². The summed E-state index contributed by atoms with van der Waals surface area (Å²) in [6.07, 6.45) is 3.58. The molecular formula is C24H25ClN8O3S. The number of anilines is 2. The maximum Gasteiger partial charge on any atom is 0.314 e. The van der Waals surface area contributed by atoms with Crippen LogP contribution in [0.1, 0.15) is 9.67 Å². The lowest BCUT2D eigenvalue weighted by Crippen LogP contribution is -2.51. The fourth-order valence-corrected chi connectivity index (χ4v) is 5.16. The van der Waals surface area contributed by atoms with Gasteiger partial charge in [0, 0.05) is 44.6 Å². The van der Waals surface area contributed by atoms with Gasteiger partial charge in [0.25, 0.3) is 11.5 Å². The molecule has 37 heavy (non-hydrogen) atoms. The van der Waals surface area contributed by atoms with Crippen molar-refractivity contribution in [2.75, 3.05) is 42.6 Å². The van der Waals surface area contributed by atoms with Gasteiger partial charge in [-0.05, 0) is 36.4 Å². The topological polar surface area (TPSA) is 128 Å². The molecule has 5 rings (SSSR count). The van der Waals surface area contributed by atoms with Gasteiger partial charge in [-0.15, -0.1) is 16.9 Å². The zero-order valence-corrected chi connectivity index (χ0v) is 21.3. The average molecular weight is 541 g/mol.